The van der Waals surface area contributed by atoms with Crippen molar-refractivity contribution >= 4 is 92.7 Å². The lowest BCUT2D eigenvalue weighted by Gasteiger charge is -2.16. The first-order chi connectivity index (χ1) is 29.4. The molecule has 0 aliphatic carbocycles. The van der Waals surface area contributed by atoms with Crippen molar-refractivity contribution in [2.45, 2.75) is 61.1 Å². The molecule has 322 valence electrons. The van der Waals surface area contributed by atoms with E-state index in [1.807, 2.05) is 41.5 Å². The number of nitrogens with one attached hydrogen (secondary N) is 2. The van der Waals surface area contributed by atoms with Crippen LogP contribution in [0.5, 0.6) is 11.5 Å². The molecule has 0 amide bonds. The fraction of sp³-hybridized carbons (Fsp3) is 0.278. The molecule has 6 aromatic rings. The van der Waals surface area contributed by atoms with E-state index in [0.29, 0.717) is 31.6 Å². The van der Waals surface area contributed by atoms with E-state index in [1.165, 1.54) is 47.8 Å². The Morgan fingerprint density at radius 3 is 1.39 bits per heavy atom. The fourth-order valence-electron chi connectivity index (χ4n) is 5.42. The van der Waals surface area contributed by atoms with E-state index >= 15 is 0 Å². The van der Waals surface area contributed by atoms with Crippen molar-refractivity contribution in [3.8, 4) is 22.9 Å². The predicted octanol–water partition coefficient (Wildman–Crippen LogP) is 7.12. The molecule has 0 aliphatic rings. The molecule has 0 radical (unpaired) electrons. The first-order valence-electron chi connectivity index (χ1n) is 17.8. The number of carboxylic acids is 2. The number of carboxylic acid groups (broad SMARTS) is 2. The number of aromatic nitrogens is 8. The standard InChI is InChI=1S/C36H34N12O10S4/c1-35(2,3)25-23(27(51)47(45-25)19-9-17(29(53)54)11-21(13-19)57-15-49)37-39-31-41-43-33(61-31)59-7-8-60-34-44-42-32(62-34)40-38-24-26(36(4,5)6)46-48(28(24)52)20-10-18(30(55)56)12-22(14-20)58-16-50/h9-16,45-46H,7-8H2,1-6H3,(H,53,54)(H,55,56). The molecular weight excluding hydrogens is 889 g/mol. The minimum Gasteiger partial charge on any atom is -0.478 e. The second-order valence-electron chi connectivity index (χ2n) is 14.7. The van der Waals surface area contributed by atoms with E-state index in [0.717, 1.165) is 44.2 Å². The zero-order valence-electron chi connectivity index (χ0n) is 33.3. The first-order valence-corrected chi connectivity index (χ1v) is 21.4. The van der Waals surface area contributed by atoms with Crippen LogP contribution >= 0.6 is 46.2 Å². The highest BCUT2D eigenvalue weighted by Crippen LogP contribution is 2.35. The van der Waals surface area contributed by atoms with Gasteiger partial charge in [-0.2, -0.15) is 0 Å². The minimum atomic E-state index is -1.29. The lowest BCUT2D eigenvalue weighted by molar-refractivity contribution is -0.121. The van der Waals surface area contributed by atoms with Crippen LogP contribution in [0.1, 0.15) is 73.6 Å². The summed E-state index contributed by atoms with van der Waals surface area (Å²) < 4.78 is 13.1. The maximum absolute atomic E-state index is 13.6. The van der Waals surface area contributed by atoms with Crippen molar-refractivity contribution in [3.63, 3.8) is 0 Å². The summed E-state index contributed by atoms with van der Waals surface area (Å²) in [6.45, 7) is 11.4. The SMILES string of the molecule is CC(C)(C)c1[nH]n(-c2cc(OC=O)cc(C(=O)O)c2)c(=O)c1N=Nc1nnc(SCCSc2nnc(N=Nc3c(C(C)(C)C)[nH]n(-c4cc(OC=O)cc(C(=O)O)c4)c3=O)s2)s1. The van der Waals surface area contributed by atoms with Gasteiger partial charge in [0.05, 0.1) is 33.9 Å². The Labute approximate surface area is 365 Å². The average molecular weight is 923 g/mol. The summed E-state index contributed by atoms with van der Waals surface area (Å²) in [5.41, 5.74) is -1.94. The number of carbonyl (C=O) groups is 4. The van der Waals surface area contributed by atoms with E-state index in [9.17, 15) is 39.0 Å². The first kappa shape index (κ1) is 44.9. The van der Waals surface area contributed by atoms with Crippen LogP contribution in [-0.4, -0.2) is 86.6 Å². The lowest BCUT2D eigenvalue weighted by Crippen LogP contribution is -2.15. The monoisotopic (exact) mass is 922 g/mol. The molecule has 4 heterocycles. The van der Waals surface area contributed by atoms with Gasteiger partial charge < -0.3 is 19.7 Å². The summed E-state index contributed by atoms with van der Waals surface area (Å²) in [4.78, 5) is 72.5. The normalized spacial score (nSPS) is 12.0. The topological polar surface area (TPSA) is 304 Å². The molecule has 0 unspecified atom stereocenters. The second kappa shape index (κ2) is 18.5. The van der Waals surface area contributed by atoms with Gasteiger partial charge in [0.1, 0.15) is 11.5 Å². The number of aromatic amines is 2. The van der Waals surface area contributed by atoms with Gasteiger partial charge in [0.2, 0.25) is 0 Å². The smallest absolute Gasteiger partial charge is 0.335 e. The summed E-state index contributed by atoms with van der Waals surface area (Å²) >= 11 is 5.14. The van der Waals surface area contributed by atoms with Crippen LogP contribution in [0, 0.1) is 0 Å². The molecule has 0 fully saturated rings. The van der Waals surface area contributed by atoms with Crippen LogP contribution in [0.3, 0.4) is 0 Å². The molecule has 2 aromatic carbocycles. The third kappa shape index (κ3) is 10.4. The molecular formula is C36H34N12O10S4. The van der Waals surface area contributed by atoms with Crippen LogP contribution in [0.4, 0.5) is 21.6 Å². The quantitative estimate of drug-likeness (QED) is 0.0306. The number of thioether (sulfide) groups is 2. The van der Waals surface area contributed by atoms with Gasteiger partial charge >= 0.3 is 11.9 Å². The van der Waals surface area contributed by atoms with Crippen molar-refractivity contribution in [2.24, 2.45) is 20.5 Å². The molecule has 0 aliphatic heterocycles. The minimum absolute atomic E-state index is 0.0305. The number of nitrogens with zero attached hydrogens (tertiary/aromatic N) is 10. The summed E-state index contributed by atoms with van der Waals surface area (Å²) in [7, 11) is 0. The van der Waals surface area contributed by atoms with Crippen LogP contribution in [0.25, 0.3) is 11.4 Å². The van der Waals surface area contributed by atoms with Crippen LogP contribution in [0.15, 0.2) is 75.1 Å². The lowest BCUT2D eigenvalue weighted by atomic mass is 9.91. The molecule has 0 bridgehead atoms. The van der Waals surface area contributed by atoms with Gasteiger partial charge in [0.15, 0.2) is 20.1 Å². The summed E-state index contributed by atoms with van der Waals surface area (Å²) in [5, 5.41) is 58.7. The van der Waals surface area contributed by atoms with Crippen LogP contribution in [-0.2, 0) is 20.4 Å². The molecule has 62 heavy (non-hydrogen) atoms. The molecule has 0 spiro atoms. The number of benzene rings is 2. The Morgan fingerprint density at radius 1 is 0.661 bits per heavy atom. The van der Waals surface area contributed by atoms with Crippen LogP contribution < -0.4 is 20.6 Å². The largest absolute Gasteiger partial charge is 0.478 e. The number of rotatable bonds is 17. The summed E-state index contributed by atoms with van der Waals surface area (Å²) in [6, 6.07) is 7.47. The Bertz CT molecular complexity index is 2670. The number of azo groups is 2. The second-order valence-corrected chi connectivity index (χ2v) is 19.3. The van der Waals surface area contributed by atoms with Gasteiger partial charge in [-0.15, -0.1) is 40.9 Å². The third-order valence-electron chi connectivity index (χ3n) is 8.19. The Hall–Kier alpha value is -6.64. The molecule has 26 heteroatoms. The van der Waals surface area contributed by atoms with Crippen LogP contribution in [0.2, 0.25) is 0 Å². The van der Waals surface area contributed by atoms with E-state index in [4.69, 9.17) is 9.47 Å². The number of hydrogen-bond acceptors (Lipinski definition) is 20. The van der Waals surface area contributed by atoms with Gasteiger partial charge in [-0.05, 0) is 24.3 Å². The maximum Gasteiger partial charge on any atom is 0.335 e. The Balaban J connectivity index is 1.11. The van der Waals surface area contributed by atoms with E-state index in [1.54, 1.807) is 0 Å². The van der Waals surface area contributed by atoms with E-state index < -0.39 is 33.9 Å². The predicted molar refractivity (Wildman–Crippen MR) is 227 cm³/mol. The zero-order valence-corrected chi connectivity index (χ0v) is 36.6. The van der Waals surface area contributed by atoms with Gasteiger partial charge in [0, 0.05) is 34.5 Å². The van der Waals surface area contributed by atoms with Gasteiger partial charge in [-0.25, -0.2) is 19.0 Å². The Kier molecular flexibility index (Phi) is 13.4. The number of carbonyl (C=O) groups excluding carboxylic acids is 2. The van der Waals surface area contributed by atoms with Gasteiger partial charge in [-0.1, -0.05) is 87.7 Å². The molecule has 6 rings (SSSR count). The van der Waals surface area contributed by atoms with Gasteiger partial charge in [0.25, 0.3) is 34.3 Å². The van der Waals surface area contributed by atoms with Crippen molar-refractivity contribution in [3.05, 3.63) is 79.6 Å². The highest BCUT2D eigenvalue weighted by atomic mass is 32.2. The third-order valence-corrected chi connectivity index (χ3v) is 12.3. The fourth-order valence-corrected chi connectivity index (χ4v) is 8.85. The van der Waals surface area contributed by atoms with Crippen molar-refractivity contribution in [1.82, 2.24) is 40.0 Å². The highest BCUT2D eigenvalue weighted by Gasteiger charge is 2.28. The van der Waals surface area contributed by atoms with Gasteiger partial charge in [-0.3, -0.25) is 29.4 Å². The molecule has 4 N–H and O–H groups in total. The number of H-pyrrole nitrogens is 2. The average Bonchev–Trinajstić information content (AvgIpc) is 4.00. The Morgan fingerprint density at radius 2 is 1.05 bits per heavy atom. The molecule has 0 saturated carbocycles. The summed E-state index contributed by atoms with van der Waals surface area (Å²) in [6.07, 6.45) is 0. The number of hydrogen-bond donors (Lipinski definition) is 4. The molecule has 4 aromatic heterocycles. The molecule has 0 saturated heterocycles. The number of ether oxygens (including phenoxy) is 2. The van der Waals surface area contributed by atoms with E-state index in [2.05, 4.69) is 51.0 Å². The summed E-state index contributed by atoms with van der Waals surface area (Å²) in [5.74, 6) is -1.53. The van der Waals surface area contributed by atoms with Crippen molar-refractivity contribution < 1.29 is 38.9 Å². The molecule has 0 atom stereocenters. The number of aromatic carboxylic acids is 2. The highest BCUT2D eigenvalue weighted by molar-refractivity contribution is 8.04. The zero-order chi connectivity index (χ0) is 44.9. The molecule has 22 nitrogen and oxygen atoms in total. The maximum atomic E-state index is 13.6. The van der Waals surface area contributed by atoms with Crippen molar-refractivity contribution in [2.75, 3.05) is 11.5 Å². The van der Waals surface area contributed by atoms with E-state index in [-0.39, 0.29) is 68.6 Å². The van der Waals surface area contributed by atoms with Crippen molar-refractivity contribution in [1.29, 1.82) is 0 Å².